The average molecular weight is 243 g/mol. The topological polar surface area (TPSA) is 67.2 Å². The average Bonchev–Trinajstić information content (AvgIpc) is 2.23. The van der Waals surface area contributed by atoms with Crippen LogP contribution in [-0.2, 0) is 0 Å². The van der Waals surface area contributed by atoms with E-state index in [1.54, 1.807) is 0 Å². The van der Waals surface area contributed by atoms with Crippen molar-refractivity contribution >= 4 is 11.4 Å². The molecule has 5 nitrogen and oxygen atoms in total. The summed E-state index contributed by atoms with van der Waals surface area (Å²) in [5.41, 5.74) is -0.388. The smallest absolute Gasteiger partial charge is 0.270 e. The minimum atomic E-state index is -2.73. The Morgan fingerprint density at radius 2 is 2.18 bits per heavy atom. The van der Waals surface area contributed by atoms with Crippen LogP contribution in [0.4, 0.5) is 20.2 Å². The molecule has 0 amide bonds. The zero-order chi connectivity index (χ0) is 12.4. The maximum atomic E-state index is 12.8. The first-order chi connectivity index (χ1) is 8.08. The van der Waals surface area contributed by atoms with Crippen LogP contribution in [0.5, 0.6) is 0 Å². The number of anilines is 1. The quantitative estimate of drug-likeness (QED) is 0.626. The summed E-state index contributed by atoms with van der Waals surface area (Å²) in [6.07, 6.45) is -2.73. The van der Waals surface area contributed by atoms with Crippen LogP contribution in [0.25, 0.3) is 0 Å². The van der Waals surface area contributed by atoms with E-state index in [0.29, 0.717) is 13.1 Å². The highest BCUT2D eigenvalue weighted by Crippen LogP contribution is 2.31. The lowest BCUT2D eigenvalue weighted by Gasteiger charge is -2.29. The number of benzene rings is 1. The molecule has 1 fully saturated rings. The molecule has 1 heterocycles. The molecule has 1 aromatic rings. The Morgan fingerprint density at radius 3 is 2.65 bits per heavy atom. The molecule has 0 atom stereocenters. The first-order valence-electron chi connectivity index (χ1n) is 5.11. The van der Waals surface area contributed by atoms with E-state index in [1.807, 2.05) is 0 Å². The van der Waals surface area contributed by atoms with Crippen LogP contribution in [0, 0.1) is 10.1 Å². The van der Waals surface area contributed by atoms with Crippen molar-refractivity contribution in [1.29, 1.82) is 0 Å². The van der Waals surface area contributed by atoms with Gasteiger partial charge in [0.25, 0.3) is 12.1 Å². The van der Waals surface area contributed by atoms with E-state index in [4.69, 9.17) is 0 Å². The molecular formula is C10H11F2N3O2. The molecule has 17 heavy (non-hydrogen) atoms. The second-order valence-electron chi connectivity index (χ2n) is 3.83. The van der Waals surface area contributed by atoms with Crippen molar-refractivity contribution in [3.63, 3.8) is 0 Å². The molecule has 1 aliphatic heterocycles. The van der Waals surface area contributed by atoms with Crippen LogP contribution in [0.3, 0.4) is 0 Å². The van der Waals surface area contributed by atoms with Gasteiger partial charge in [0.15, 0.2) is 0 Å². The number of rotatable bonds is 4. The Labute approximate surface area is 96.0 Å². The van der Waals surface area contributed by atoms with E-state index in [9.17, 15) is 18.9 Å². The van der Waals surface area contributed by atoms with Gasteiger partial charge in [-0.25, -0.2) is 8.78 Å². The lowest BCUT2D eigenvalue weighted by molar-refractivity contribution is -0.385. The third kappa shape index (κ3) is 2.50. The second-order valence-corrected chi connectivity index (χ2v) is 3.83. The summed E-state index contributed by atoms with van der Waals surface area (Å²) in [4.78, 5) is 9.83. The number of non-ortho nitro benzene ring substituents is 1. The molecule has 0 spiro atoms. The zero-order valence-corrected chi connectivity index (χ0v) is 8.82. The largest absolute Gasteiger partial charge is 0.379 e. The van der Waals surface area contributed by atoms with E-state index >= 15 is 0 Å². The molecule has 0 radical (unpaired) electrons. The molecule has 0 unspecified atom stereocenters. The van der Waals surface area contributed by atoms with Gasteiger partial charge in [0.05, 0.1) is 11.0 Å². The summed E-state index contributed by atoms with van der Waals surface area (Å²) in [5.74, 6) is 0. The highest BCUT2D eigenvalue weighted by Gasteiger charge is 2.22. The van der Waals surface area contributed by atoms with Crippen LogP contribution < -0.4 is 10.6 Å². The number of nitro groups is 1. The molecule has 7 heteroatoms. The third-order valence-electron chi connectivity index (χ3n) is 2.62. The van der Waals surface area contributed by atoms with Crippen LogP contribution in [0.1, 0.15) is 12.0 Å². The van der Waals surface area contributed by atoms with Crippen molar-refractivity contribution < 1.29 is 13.7 Å². The normalized spacial score (nSPS) is 15.7. The van der Waals surface area contributed by atoms with Gasteiger partial charge in [-0.15, -0.1) is 0 Å². The van der Waals surface area contributed by atoms with Crippen molar-refractivity contribution in [1.82, 2.24) is 5.32 Å². The van der Waals surface area contributed by atoms with E-state index < -0.39 is 11.3 Å². The van der Waals surface area contributed by atoms with Gasteiger partial charge in [0, 0.05) is 36.5 Å². The fraction of sp³-hybridized carbons (Fsp3) is 0.400. The van der Waals surface area contributed by atoms with Crippen molar-refractivity contribution in [2.45, 2.75) is 12.5 Å². The summed E-state index contributed by atoms with van der Waals surface area (Å²) in [6.45, 7) is 1.42. The first kappa shape index (κ1) is 11.7. The van der Waals surface area contributed by atoms with E-state index in [1.165, 1.54) is 12.1 Å². The third-order valence-corrected chi connectivity index (χ3v) is 2.62. The van der Waals surface area contributed by atoms with Crippen molar-refractivity contribution in [3.8, 4) is 0 Å². The van der Waals surface area contributed by atoms with Crippen molar-refractivity contribution in [2.75, 3.05) is 18.4 Å². The number of hydrogen-bond acceptors (Lipinski definition) is 4. The van der Waals surface area contributed by atoms with Crippen LogP contribution in [-0.4, -0.2) is 24.1 Å². The molecule has 0 saturated carbocycles. The SMILES string of the molecule is O=[N+]([O-])c1ccc(NC2CNC2)c(C(F)F)c1. The summed E-state index contributed by atoms with van der Waals surface area (Å²) >= 11 is 0. The van der Waals surface area contributed by atoms with Gasteiger partial charge >= 0.3 is 0 Å². The Bertz CT molecular complexity index is 436. The number of nitrogens with one attached hydrogen (secondary N) is 2. The highest BCUT2D eigenvalue weighted by molar-refractivity contribution is 5.57. The molecule has 1 saturated heterocycles. The summed E-state index contributed by atoms with van der Waals surface area (Å²) in [6, 6.07) is 3.58. The number of hydrogen-bond donors (Lipinski definition) is 2. The number of alkyl halides is 2. The lowest BCUT2D eigenvalue weighted by Crippen LogP contribution is -2.51. The molecule has 1 aromatic carbocycles. The van der Waals surface area contributed by atoms with Gasteiger partial charge in [-0.1, -0.05) is 0 Å². The van der Waals surface area contributed by atoms with Crippen molar-refractivity contribution in [3.05, 3.63) is 33.9 Å². The minimum absolute atomic E-state index is 0.106. The molecule has 2 rings (SSSR count). The fourth-order valence-electron chi connectivity index (χ4n) is 1.59. The Kier molecular flexibility index (Phi) is 3.19. The van der Waals surface area contributed by atoms with E-state index in [2.05, 4.69) is 10.6 Å². The molecule has 92 valence electrons. The number of halogens is 2. The molecular weight excluding hydrogens is 232 g/mol. The maximum absolute atomic E-state index is 12.8. The van der Waals surface area contributed by atoms with E-state index in [0.717, 1.165) is 6.07 Å². The lowest BCUT2D eigenvalue weighted by atomic mass is 10.1. The van der Waals surface area contributed by atoms with Gasteiger partial charge in [-0.05, 0) is 6.07 Å². The second kappa shape index (κ2) is 4.62. The Balaban J connectivity index is 2.26. The summed E-state index contributed by atoms with van der Waals surface area (Å²) in [5, 5.41) is 16.4. The van der Waals surface area contributed by atoms with E-state index in [-0.39, 0.29) is 23.0 Å². The van der Waals surface area contributed by atoms with Gasteiger partial charge in [-0.2, -0.15) is 0 Å². The summed E-state index contributed by atoms with van der Waals surface area (Å²) < 4.78 is 25.5. The van der Waals surface area contributed by atoms with Gasteiger partial charge < -0.3 is 10.6 Å². The number of nitro benzene ring substituents is 1. The van der Waals surface area contributed by atoms with Crippen LogP contribution in [0.2, 0.25) is 0 Å². The predicted octanol–water partition coefficient (Wildman–Crippen LogP) is 1.92. The molecule has 0 aliphatic carbocycles. The van der Waals surface area contributed by atoms with Crippen LogP contribution >= 0.6 is 0 Å². The molecule has 0 bridgehead atoms. The molecule has 2 N–H and O–H groups in total. The molecule has 1 aliphatic rings. The minimum Gasteiger partial charge on any atom is -0.379 e. The van der Waals surface area contributed by atoms with Gasteiger partial charge in [0.1, 0.15) is 0 Å². The standard InChI is InChI=1S/C10H11F2N3O2/c11-10(12)8-3-7(15(16)17)1-2-9(8)14-6-4-13-5-6/h1-3,6,10,13-14H,4-5H2. The monoisotopic (exact) mass is 243 g/mol. The zero-order valence-electron chi connectivity index (χ0n) is 8.82. The van der Waals surface area contributed by atoms with Crippen molar-refractivity contribution in [2.24, 2.45) is 0 Å². The first-order valence-corrected chi connectivity index (χ1v) is 5.11. The predicted molar refractivity (Wildman–Crippen MR) is 58.3 cm³/mol. The molecule has 0 aromatic heterocycles. The number of nitrogens with zero attached hydrogens (tertiary/aromatic N) is 1. The van der Waals surface area contributed by atoms with Gasteiger partial charge in [-0.3, -0.25) is 10.1 Å². The Morgan fingerprint density at radius 1 is 1.47 bits per heavy atom. The highest BCUT2D eigenvalue weighted by atomic mass is 19.3. The summed E-state index contributed by atoms with van der Waals surface area (Å²) in [7, 11) is 0. The Hall–Kier alpha value is -1.76. The fourth-order valence-corrected chi connectivity index (χ4v) is 1.59. The van der Waals surface area contributed by atoms with Crippen LogP contribution in [0.15, 0.2) is 18.2 Å². The van der Waals surface area contributed by atoms with Gasteiger partial charge in [0.2, 0.25) is 0 Å². The maximum Gasteiger partial charge on any atom is 0.270 e.